The maximum absolute atomic E-state index is 5.03. The molecule has 0 unspecified atom stereocenters. The summed E-state index contributed by atoms with van der Waals surface area (Å²) in [5, 5.41) is 3.32. The first kappa shape index (κ1) is 11.1. The van der Waals surface area contributed by atoms with Crippen molar-refractivity contribution in [3.05, 3.63) is 42.5 Å². The molecule has 1 aliphatic rings. The largest absolute Gasteiger partial charge is 0.472 e. The van der Waals surface area contributed by atoms with E-state index in [1.54, 1.807) is 12.5 Å². The second-order valence-electron chi connectivity index (χ2n) is 4.58. The van der Waals surface area contributed by atoms with Crippen molar-refractivity contribution >= 4 is 11.5 Å². The molecule has 0 bridgehead atoms. The predicted molar refractivity (Wildman–Crippen MR) is 71.7 cm³/mol. The van der Waals surface area contributed by atoms with Gasteiger partial charge in [0.2, 0.25) is 0 Å². The number of hydrogen-bond acceptors (Lipinski definition) is 4. The summed E-state index contributed by atoms with van der Waals surface area (Å²) in [4.78, 5) is 6.83. The third kappa shape index (κ3) is 2.47. The summed E-state index contributed by atoms with van der Waals surface area (Å²) in [6, 6.07) is 6.13. The number of aromatic nitrogens is 1. The first-order valence-electron chi connectivity index (χ1n) is 6.38. The molecule has 18 heavy (non-hydrogen) atoms. The van der Waals surface area contributed by atoms with E-state index in [2.05, 4.69) is 27.3 Å². The number of nitrogens with zero attached hydrogens (tertiary/aromatic N) is 2. The monoisotopic (exact) mass is 243 g/mol. The van der Waals surface area contributed by atoms with Crippen LogP contribution in [0.2, 0.25) is 0 Å². The van der Waals surface area contributed by atoms with E-state index in [9.17, 15) is 0 Å². The van der Waals surface area contributed by atoms with Gasteiger partial charge < -0.3 is 14.6 Å². The Hall–Kier alpha value is -1.97. The topological polar surface area (TPSA) is 41.3 Å². The van der Waals surface area contributed by atoms with Crippen LogP contribution in [0.5, 0.6) is 0 Å². The standard InChI is InChI=1S/C14H17N3O/c1-2-7-17(6-1)14-4-3-13(10-16-14)15-9-12-5-8-18-11-12/h3-5,8,10-11,15H,1-2,6-7,9H2. The average molecular weight is 243 g/mol. The smallest absolute Gasteiger partial charge is 0.128 e. The van der Waals surface area contributed by atoms with Gasteiger partial charge in [-0.1, -0.05) is 0 Å². The lowest BCUT2D eigenvalue weighted by Gasteiger charge is -2.16. The van der Waals surface area contributed by atoms with Gasteiger partial charge in [0.25, 0.3) is 0 Å². The van der Waals surface area contributed by atoms with Gasteiger partial charge in [0.1, 0.15) is 5.82 Å². The van der Waals surface area contributed by atoms with Gasteiger partial charge >= 0.3 is 0 Å². The van der Waals surface area contributed by atoms with Crippen LogP contribution in [-0.2, 0) is 6.54 Å². The molecule has 0 atom stereocenters. The SMILES string of the molecule is c1cc(CNc2ccc(N3CCCC3)nc2)co1. The molecule has 4 heteroatoms. The quantitative estimate of drug-likeness (QED) is 0.896. The third-order valence-electron chi connectivity index (χ3n) is 3.25. The molecule has 1 N–H and O–H groups in total. The Morgan fingerprint density at radius 3 is 2.78 bits per heavy atom. The molecule has 0 saturated carbocycles. The minimum Gasteiger partial charge on any atom is -0.472 e. The molecule has 4 nitrogen and oxygen atoms in total. The highest BCUT2D eigenvalue weighted by atomic mass is 16.3. The zero-order chi connectivity index (χ0) is 12.2. The van der Waals surface area contributed by atoms with Crippen LogP contribution in [0, 0.1) is 0 Å². The van der Waals surface area contributed by atoms with Crippen LogP contribution < -0.4 is 10.2 Å². The van der Waals surface area contributed by atoms with Crippen LogP contribution in [0.1, 0.15) is 18.4 Å². The van der Waals surface area contributed by atoms with Crippen LogP contribution in [0.25, 0.3) is 0 Å². The Morgan fingerprint density at radius 1 is 1.22 bits per heavy atom. The fraction of sp³-hybridized carbons (Fsp3) is 0.357. The van der Waals surface area contributed by atoms with E-state index in [-0.39, 0.29) is 0 Å². The zero-order valence-electron chi connectivity index (χ0n) is 10.3. The molecule has 0 aromatic carbocycles. The van der Waals surface area contributed by atoms with Gasteiger partial charge in [-0.05, 0) is 31.0 Å². The van der Waals surface area contributed by atoms with E-state index in [0.717, 1.165) is 36.7 Å². The van der Waals surface area contributed by atoms with Gasteiger partial charge in [0.05, 0.1) is 24.4 Å². The molecule has 1 aliphatic heterocycles. The van der Waals surface area contributed by atoms with E-state index in [4.69, 9.17) is 4.42 Å². The van der Waals surface area contributed by atoms with Gasteiger partial charge in [-0.3, -0.25) is 0 Å². The minimum atomic E-state index is 0.765. The molecular weight excluding hydrogens is 226 g/mol. The summed E-state index contributed by atoms with van der Waals surface area (Å²) in [6.07, 6.45) is 7.89. The van der Waals surface area contributed by atoms with E-state index in [1.807, 2.05) is 12.3 Å². The van der Waals surface area contributed by atoms with Crippen LogP contribution in [0.3, 0.4) is 0 Å². The van der Waals surface area contributed by atoms with E-state index < -0.39 is 0 Å². The summed E-state index contributed by atoms with van der Waals surface area (Å²) in [6.45, 7) is 3.03. The fourth-order valence-electron chi connectivity index (χ4n) is 2.22. The second kappa shape index (κ2) is 5.12. The van der Waals surface area contributed by atoms with Gasteiger partial charge in [-0.2, -0.15) is 0 Å². The molecule has 1 fully saturated rings. The van der Waals surface area contributed by atoms with Gasteiger partial charge in [0, 0.05) is 25.2 Å². The maximum atomic E-state index is 5.03. The second-order valence-corrected chi connectivity index (χ2v) is 4.58. The molecular formula is C14H17N3O. The number of furan rings is 1. The summed E-state index contributed by atoms with van der Waals surface area (Å²) in [5.74, 6) is 1.08. The van der Waals surface area contributed by atoms with Crippen molar-refractivity contribution in [2.75, 3.05) is 23.3 Å². The van der Waals surface area contributed by atoms with Crippen molar-refractivity contribution in [3.8, 4) is 0 Å². The summed E-state index contributed by atoms with van der Waals surface area (Å²) < 4.78 is 5.03. The van der Waals surface area contributed by atoms with Crippen molar-refractivity contribution < 1.29 is 4.42 Å². The van der Waals surface area contributed by atoms with Crippen molar-refractivity contribution in [2.24, 2.45) is 0 Å². The first-order chi connectivity index (χ1) is 8.92. The van der Waals surface area contributed by atoms with Gasteiger partial charge in [-0.15, -0.1) is 0 Å². The number of rotatable bonds is 4. The third-order valence-corrected chi connectivity index (χ3v) is 3.25. The minimum absolute atomic E-state index is 0.765. The van der Waals surface area contributed by atoms with E-state index in [1.165, 1.54) is 12.8 Å². The highest BCUT2D eigenvalue weighted by Crippen LogP contribution is 2.19. The summed E-state index contributed by atoms with van der Waals surface area (Å²) in [7, 11) is 0. The normalized spacial score (nSPS) is 15.0. The number of nitrogens with one attached hydrogen (secondary N) is 1. The number of hydrogen-bond donors (Lipinski definition) is 1. The van der Waals surface area contributed by atoms with Crippen molar-refractivity contribution in [3.63, 3.8) is 0 Å². The Morgan fingerprint density at radius 2 is 2.11 bits per heavy atom. The maximum Gasteiger partial charge on any atom is 0.128 e. The average Bonchev–Trinajstić information content (AvgIpc) is 3.10. The lowest BCUT2D eigenvalue weighted by Crippen LogP contribution is -2.18. The molecule has 3 rings (SSSR count). The lowest BCUT2D eigenvalue weighted by atomic mass is 10.3. The van der Waals surface area contributed by atoms with Crippen LogP contribution >= 0.6 is 0 Å². The highest BCUT2D eigenvalue weighted by molar-refractivity contribution is 5.49. The fourth-order valence-corrected chi connectivity index (χ4v) is 2.22. The van der Waals surface area contributed by atoms with Crippen LogP contribution in [-0.4, -0.2) is 18.1 Å². The molecule has 0 aliphatic carbocycles. The van der Waals surface area contributed by atoms with E-state index >= 15 is 0 Å². The van der Waals surface area contributed by atoms with Crippen LogP contribution in [0.15, 0.2) is 41.3 Å². The molecule has 0 amide bonds. The summed E-state index contributed by atoms with van der Waals surface area (Å²) in [5.41, 5.74) is 2.18. The first-order valence-corrected chi connectivity index (χ1v) is 6.38. The highest BCUT2D eigenvalue weighted by Gasteiger charge is 2.12. The molecule has 3 heterocycles. The molecule has 2 aromatic rings. The Kier molecular flexibility index (Phi) is 3.17. The van der Waals surface area contributed by atoms with Crippen molar-refractivity contribution in [2.45, 2.75) is 19.4 Å². The summed E-state index contributed by atoms with van der Waals surface area (Å²) >= 11 is 0. The molecule has 94 valence electrons. The van der Waals surface area contributed by atoms with Gasteiger partial charge in [-0.25, -0.2) is 4.98 Å². The van der Waals surface area contributed by atoms with Crippen LogP contribution in [0.4, 0.5) is 11.5 Å². The predicted octanol–water partition coefficient (Wildman–Crippen LogP) is 2.89. The molecule has 2 aromatic heterocycles. The van der Waals surface area contributed by atoms with E-state index in [0.29, 0.717) is 0 Å². The van der Waals surface area contributed by atoms with Crippen molar-refractivity contribution in [1.29, 1.82) is 0 Å². The number of pyridine rings is 1. The zero-order valence-corrected chi connectivity index (χ0v) is 10.3. The number of anilines is 2. The molecule has 1 saturated heterocycles. The Balaban J connectivity index is 1.60. The molecule has 0 spiro atoms. The molecule has 0 radical (unpaired) electrons. The Labute approximate surface area is 107 Å². The van der Waals surface area contributed by atoms with Crippen molar-refractivity contribution in [1.82, 2.24) is 4.98 Å². The Bertz CT molecular complexity index is 472. The van der Waals surface area contributed by atoms with Gasteiger partial charge in [0.15, 0.2) is 0 Å². The lowest BCUT2D eigenvalue weighted by molar-refractivity contribution is 0.564.